The van der Waals surface area contributed by atoms with Crippen molar-refractivity contribution in [2.45, 2.75) is 0 Å². The van der Waals surface area contributed by atoms with Gasteiger partial charge in [0.1, 0.15) is 0 Å². The van der Waals surface area contributed by atoms with E-state index in [1.807, 2.05) is 18.2 Å². The molecule has 5 nitrogen and oxygen atoms in total. The van der Waals surface area contributed by atoms with E-state index in [9.17, 15) is 4.79 Å². The van der Waals surface area contributed by atoms with Gasteiger partial charge < -0.3 is 10.8 Å². The summed E-state index contributed by atoms with van der Waals surface area (Å²) in [4.78, 5) is 18.7. The second kappa shape index (κ2) is 4.50. The molecular weight excluding hydrogens is 286 g/mol. The van der Waals surface area contributed by atoms with Gasteiger partial charge in [-0.1, -0.05) is 34.1 Å². The monoisotopic (exact) mass is 293 g/mol. The van der Waals surface area contributed by atoms with Crippen molar-refractivity contribution >= 4 is 27.8 Å². The summed E-state index contributed by atoms with van der Waals surface area (Å²) in [5, 5.41) is 9.08. The summed E-state index contributed by atoms with van der Waals surface area (Å²) in [7, 11) is 0. The molecule has 0 radical (unpaired) electrons. The Balaban J connectivity index is 2.68. The van der Waals surface area contributed by atoms with Crippen LogP contribution in [0.4, 0.5) is 5.95 Å². The van der Waals surface area contributed by atoms with Crippen LogP contribution in [0.1, 0.15) is 10.5 Å². The number of nitrogens with two attached hydrogens (primary N) is 1. The molecule has 0 aliphatic heterocycles. The summed E-state index contributed by atoms with van der Waals surface area (Å²) in [5.74, 6) is -1.19. The highest BCUT2D eigenvalue weighted by molar-refractivity contribution is 9.10. The minimum absolute atomic E-state index is 0.0572. The molecule has 0 saturated heterocycles. The highest BCUT2D eigenvalue weighted by atomic mass is 79.9. The third-order valence-corrected chi connectivity index (χ3v) is 2.87. The van der Waals surface area contributed by atoms with Crippen molar-refractivity contribution < 1.29 is 9.90 Å². The van der Waals surface area contributed by atoms with Gasteiger partial charge in [-0.05, 0) is 11.6 Å². The van der Waals surface area contributed by atoms with Crippen LogP contribution >= 0.6 is 15.9 Å². The van der Waals surface area contributed by atoms with E-state index < -0.39 is 5.97 Å². The van der Waals surface area contributed by atoms with Crippen LogP contribution in [0.15, 0.2) is 34.9 Å². The fourth-order valence-electron chi connectivity index (χ4n) is 1.44. The number of halogens is 1. The molecule has 0 atom stereocenters. The lowest BCUT2D eigenvalue weighted by Crippen LogP contribution is -2.07. The summed E-state index contributed by atoms with van der Waals surface area (Å²) in [6, 6.07) is 7.25. The number of carbonyl (C=O) groups is 1. The highest BCUT2D eigenvalue weighted by Crippen LogP contribution is 2.29. The van der Waals surface area contributed by atoms with Crippen molar-refractivity contribution in [2.24, 2.45) is 0 Å². The lowest BCUT2D eigenvalue weighted by molar-refractivity contribution is 0.0691. The predicted molar refractivity (Wildman–Crippen MR) is 66.5 cm³/mol. The lowest BCUT2D eigenvalue weighted by atomic mass is 10.1. The molecule has 1 aromatic heterocycles. The third-order valence-electron chi connectivity index (χ3n) is 2.17. The second-order valence-electron chi connectivity index (χ2n) is 3.28. The first-order valence-corrected chi connectivity index (χ1v) is 5.49. The average Bonchev–Trinajstić information content (AvgIpc) is 2.30. The van der Waals surface area contributed by atoms with E-state index in [1.54, 1.807) is 6.07 Å². The van der Waals surface area contributed by atoms with Crippen molar-refractivity contribution in [3.63, 3.8) is 0 Å². The zero-order chi connectivity index (χ0) is 12.4. The molecule has 0 aliphatic rings. The van der Waals surface area contributed by atoms with Gasteiger partial charge >= 0.3 is 5.97 Å². The quantitative estimate of drug-likeness (QED) is 0.886. The number of nitrogen functional groups attached to an aromatic ring is 1. The number of hydrogen-bond donors (Lipinski definition) is 2. The Morgan fingerprint density at radius 1 is 1.29 bits per heavy atom. The summed E-state index contributed by atoms with van der Waals surface area (Å²) in [5.41, 5.74) is 6.42. The van der Waals surface area contributed by atoms with E-state index in [0.29, 0.717) is 11.1 Å². The number of hydrogen-bond acceptors (Lipinski definition) is 4. The van der Waals surface area contributed by atoms with Crippen LogP contribution in [0.25, 0.3) is 11.1 Å². The zero-order valence-electron chi connectivity index (χ0n) is 8.59. The van der Waals surface area contributed by atoms with E-state index >= 15 is 0 Å². The number of aromatic nitrogens is 2. The number of benzene rings is 1. The third kappa shape index (κ3) is 2.26. The van der Waals surface area contributed by atoms with Crippen molar-refractivity contribution in [2.75, 3.05) is 5.73 Å². The minimum atomic E-state index is -1.13. The number of carboxylic acids is 1. The van der Waals surface area contributed by atoms with E-state index in [2.05, 4.69) is 25.9 Å². The van der Waals surface area contributed by atoms with Gasteiger partial charge in [0.05, 0.1) is 0 Å². The lowest BCUT2D eigenvalue weighted by Gasteiger charge is -2.07. The van der Waals surface area contributed by atoms with Crippen LogP contribution in [0.2, 0.25) is 0 Å². The van der Waals surface area contributed by atoms with E-state index in [1.165, 1.54) is 6.20 Å². The standard InChI is InChI=1S/C11H8BrN3O2/c12-8-4-2-1-3-6(8)7-5-14-11(13)15-9(7)10(16)17/h1-5H,(H,16,17)(H2,13,14,15). The maximum atomic E-state index is 11.1. The maximum Gasteiger partial charge on any atom is 0.355 e. The van der Waals surface area contributed by atoms with Crippen LogP contribution in [-0.4, -0.2) is 21.0 Å². The minimum Gasteiger partial charge on any atom is -0.476 e. The van der Waals surface area contributed by atoms with Gasteiger partial charge in [-0.3, -0.25) is 0 Å². The molecule has 3 N–H and O–H groups in total. The molecule has 0 amide bonds. The Hall–Kier alpha value is -1.95. The average molecular weight is 294 g/mol. The van der Waals surface area contributed by atoms with Gasteiger partial charge in [0.15, 0.2) is 5.69 Å². The number of carboxylic acid groups (broad SMARTS) is 1. The molecule has 2 rings (SSSR count). The van der Waals surface area contributed by atoms with Crippen molar-refractivity contribution in [3.05, 3.63) is 40.6 Å². The van der Waals surface area contributed by atoms with Crippen LogP contribution in [-0.2, 0) is 0 Å². The fraction of sp³-hybridized carbons (Fsp3) is 0. The molecule has 2 aromatic rings. The molecule has 1 aromatic carbocycles. The van der Waals surface area contributed by atoms with Gasteiger partial charge in [0.25, 0.3) is 0 Å². The normalized spacial score (nSPS) is 10.2. The Labute approximate surface area is 105 Å². The largest absolute Gasteiger partial charge is 0.476 e. The maximum absolute atomic E-state index is 11.1. The SMILES string of the molecule is Nc1ncc(-c2ccccc2Br)c(C(=O)O)n1. The molecule has 1 heterocycles. The smallest absolute Gasteiger partial charge is 0.355 e. The van der Waals surface area contributed by atoms with Gasteiger partial charge in [-0.15, -0.1) is 0 Å². The molecule has 6 heteroatoms. The molecule has 86 valence electrons. The molecular formula is C11H8BrN3O2. The number of rotatable bonds is 2. The van der Waals surface area contributed by atoms with Crippen LogP contribution < -0.4 is 5.73 Å². The molecule has 0 unspecified atom stereocenters. The van der Waals surface area contributed by atoms with Gasteiger partial charge in [0, 0.05) is 16.2 Å². The Kier molecular flexibility index (Phi) is 3.06. The molecule has 0 fully saturated rings. The van der Waals surface area contributed by atoms with Gasteiger partial charge in [-0.25, -0.2) is 14.8 Å². The number of nitrogens with zero attached hydrogens (tertiary/aromatic N) is 2. The zero-order valence-corrected chi connectivity index (χ0v) is 10.2. The Bertz CT molecular complexity index is 587. The molecule has 0 spiro atoms. The van der Waals surface area contributed by atoms with Crippen molar-refractivity contribution in [3.8, 4) is 11.1 Å². The summed E-state index contributed by atoms with van der Waals surface area (Å²) in [6.45, 7) is 0. The molecule has 0 saturated carbocycles. The summed E-state index contributed by atoms with van der Waals surface area (Å²) in [6.07, 6.45) is 1.41. The second-order valence-corrected chi connectivity index (χ2v) is 4.13. The van der Waals surface area contributed by atoms with Gasteiger partial charge in [0.2, 0.25) is 5.95 Å². The molecule has 17 heavy (non-hydrogen) atoms. The van der Waals surface area contributed by atoms with Crippen LogP contribution in [0.5, 0.6) is 0 Å². The fourth-order valence-corrected chi connectivity index (χ4v) is 1.93. The highest BCUT2D eigenvalue weighted by Gasteiger charge is 2.16. The molecule has 0 bridgehead atoms. The predicted octanol–water partition coefficient (Wildman–Crippen LogP) is 2.19. The summed E-state index contributed by atoms with van der Waals surface area (Å²) < 4.78 is 0.774. The first kappa shape index (κ1) is 11.5. The topological polar surface area (TPSA) is 89.1 Å². The first-order valence-electron chi connectivity index (χ1n) is 4.70. The molecule has 0 aliphatic carbocycles. The van der Waals surface area contributed by atoms with Crippen molar-refractivity contribution in [1.29, 1.82) is 0 Å². The van der Waals surface area contributed by atoms with E-state index in [4.69, 9.17) is 10.8 Å². The Morgan fingerprint density at radius 3 is 2.65 bits per heavy atom. The van der Waals surface area contributed by atoms with Gasteiger partial charge in [-0.2, -0.15) is 0 Å². The summed E-state index contributed by atoms with van der Waals surface area (Å²) >= 11 is 3.36. The first-order chi connectivity index (χ1) is 8.09. The van der Waals surface area contributed by atoms with E-state index in [0.717, 1.165) is 4.47 Å². The van der Waals surface area contributed by atoms with E-state index in [-0.39, 0.29) is 11.6 Å². The number of anilines is 1. The van der Waals surface area contributed by atoms with Crippen LogP contribution in [0.3, 0.4) is 0 Å². The van der Waals surface area contributed by atoms with Crippen molar-refractivity contribution in [1.82, 2.24) is 9.97 Å². The van der Waals surface area contributed by atoms with Crippen LogP contribution in [0, 0.1) is 0 Å². The number of aromatic carboxylic acids is 1. The Morgan fingerprint density at radius 2 is 2.00 bits per heavy atom.